The molecule has 0 aliphatic rings. The smallest absolute Gasteiger partial charge is 0.336 e. The molecule has 132 valence electrons. The highest BCUT2D eigenvalue weighted by Gasteiger charge is 2.23. The summed E-state index contributed by atoms with van der Waals surface area (Å²) in [5, 5.41) is 0.761. The molecule has 0 saturated heterocycles. The number of ether oxygens (including phenoxy) is 2. The maximum Gasteiger partial charge on any atom is 0.336 e. The van der Waals surface area contributed by atoms with Crippen LogP contribution in [0.5, 0.6) is 5.75 Å². The number of hydrogen-bond donors (Lipinski definition) is 0. The molecule has 0 radical (unpaired) electrons. The molecule has 0 amide bonds. The molecule has 5 nitrogen and oxygen atoms in total. The minimum absolute atomic E-state index is 0.0754. The lowest BCUT2D eigenvalue weighted by Crippen LogP contribution is -2.14. The van der Waals surface area contributed by atoms with E-state index in [0.29, 0.717) is 16.9 Å². The van der Waals surface area contributed by atoms with Gasteiger partial charge in [0.1, 0.15) is 17.9 Å². The van der Waals surface area contributed by atoms with Crippen molar-refractivity contribution in [2.75, 3.05) is 13.7 Å². The number of allylic oxidation sites excluding steroid dienone is 1. The number of carbonyl (C=O) groups is 1. The van der Waals surface area contributed by atoms with Gasteiger partial charge in [-0.05, 0) is 39.0 Å². The Morgan fingerprint density at radius 3 is 2.52 bits per heavy atom. The Morgan fingerprint density at radius 2 is 1.92 bits per heavy atom. The molecule has 0 saturated carbocycles. The second-order valence-corrected chi connectivity index (χ2v) is 6.10. The van der Waals surface area contributed by atoms with Crippen molar-refractivity contribution >= 4 is 16.9 Å². The first-order valence-corrected chi connectivity index (χ1v) is 7.91. The van der Waals surface area contributed by atoms with Gasteiger partial charge in [0.05, 0.1) is 7.11 Å². The van der Waals surface area contributed by atoms with Gasteiger partial charge in [-0.15, -0.1) is 0 Å². The monoisotopic (exact) mass is 342 g/mol. The topological polar surface area (TPSA) is 65.7 Å². The third-order valence-corrected chi connectivity index (χ3v) is 3.75. The number of hydrogen-bond acceptors (Lipinski definition) is 5. The van der Waals surface area contributed by atoms with E-state index in [0.717, 1.165) is 16.5 Å². The molecule has 5 heteroatoms. The van der Waals surface area contributed by atoms with E-state index < -0.39 is 11.6 Å². The highest BCUT2D eigenvalue weighted by molar-refractivity contribution is 5.84. The van der Waals surface area contributed by atoms with Crippen LogP contribution in [0.25, 0.3) is 11.0 Å². The van der Waals surface area contributed by atoms with Crippen LogP contribution in [0.3, 0.4) is 0 Å². The Labute approximate surface area is 146 Å². The van der Waals surface area contributed by atoms with Crippen LogP contribution in [0.15, 0.2) is 57.3 Å². The predicted molar refractivity (Wildman–Crippen MR) is 97.0 cm³/mol. The van der Waals surface area contributed by atoms with Crippen molar-refractivity contribution in [2.24, 2.45) is 0 Å². The average molecular weight is 342 g/mol. The van der Waals surface area contributed by atoms with Gasteiger partial charge in [0, 0.05) is 29.0 Å². The number of esters is 1. The number of carbonyl (C=O) groups excluding carboxylic acids is 1. The third-order valence-electron chi connectivity index (χ3n) is 3.75. The van der Waals surface area contributed by atoms with E-state index in [2.05, 4.69) is 6.58 Å². The van der Waals surface area contributed by atoms with Crippen LogP contribution in [0, 0.1) is 0 Å². The minimum atomic E-state index is -0.455. The zero-order chi connectivity index (χ0) is 18.6. The van der Waals surface area contributed by atoms with Gasteiger partial charge in [0.2, 0.25) is 0 Å². The van der Waals surface area contributed by atoms with E-state index in [4.69, 9.17) is 13.9 Å². The zero-order valence-corrected chi connectivity index (χ0v) is 14.9. The van der Waals surface area contributed by atoms with Gasteiger partial charge in [-0.1, -0.05) is 17.7 Å². The van der Waals surface area contributed by atoms with Gasteiger partial charge >= 0.3 is 11.6 Å². The Hall–Kier alpha value is -2.82. The summed E-state index contributed by atoms with van der Waals surface area (Å²) in [6.45, 7) is 9.54. The summed E-state index contributed by atoms with van der Waals surface area (Å²) < 4.78 is 16.2. The van der Waals surface area contributed by atoms with E-state index >= 15 is 0 Å². The summed E-state index contributed by atoms with van der Waals surface area (Å²) in [4.78, 5) is 23.5. The van der Waals surface area contributed by atoms with Gasteiger partial charge in [0.15, 0.2) is 0 Å². The normalized spacial score (nSPS) is 11.7. The first-order chi connectivity index (χ1) is 11.8. The molecule has 0 N–H and O–H groups in total. The summed E-state index contributed by atoms with van der Waals surface area (Å²) in [6.07, 6.45) is 1.43. The van der Waals surface area contributed by atoms with Crippen LogP contribution in [-0.4, -0.2) is 19.7 Å². The molecule has 1 aromatic heterocycles. The molecular formula is C20H22O5. The number of rotatable bonds is 6. The lowest BCUT2D eigenvalue weighted by Gasteiger charge is -2.21. The van der Waals surface area contributed by atoms with Crippen molar-refractivity contribution in [2.45, 2.75) is 26.7 Å². The highest BCUT2D eigenvalue weighted by atomic mass is 16.5. The fraction of sp³-hybridized carbons (Fsp3) is 0.300. The summed E-state index contributed by atoms with van der Waals surface area (Å²) in [5.74, 6) is -0.237. The minimum Gasteiger partial charge on any atom is -0.496 e. The summed E-state index contributed by atoms with van der Waals surface area (Å²) in [6, 6.07) is 6.66. The second kappa shape index (κ2) is 7.83. The van der Waals surface area contributed by atoms with Crippen LogP contribution in [0.4, 0.5) is 0 Å². The van der Waals surface area contributed by atoms with Crippen molar-refractivity contribution < 1.29 is 18.7 Å². The predicted octanol–water partition coefficient (Wildman–Crippen LogP) is 3.97. The molecule has 1 heterocycles. The van der Waals surface area contributed by atoms with Gasteiger partial charge in [-0.3, -0.25) is 0 Å². The molecule has 1 aromatic carbocycles. The molecule has 0 aliphatic carbocycles. The van der Waals surface area contributed by atoms with E-state index in [1.807, 2.05) is 26.8 Å². The van der Waals surface area contributed by atoms with E-state index in [9.17, 15) is 9.59 Å². The van der Waals surface area contributed by atoms with Gasteiger partial charge in [-0.2, -0.15) is 0 Å². The fourth-order valence-corrected chi connectivity index (χ4v) is 2.56. The molecule has 0 spiro atoms. The maximum atomic E-state index is 11.9. The van der Waals surface area contributed by atoms with Crippen molar-refractivity contribution in [3.8, 4) is 5.75 Å². The SMILES string of the molecule is C=C(C)[C@H](COC(=O)C=C(C)C)c1c(OC)ccc2ccc(=O)oc12. The third kappa shape index (κ3) is 4.38. The number of methoxy groups -OCH3 is 1. The second-order valence-electron chi connectivity index (χ2n) is 6.10. The molecule has 2 aromatic rings. The number of fused-ring (bicyclic) bond motifs is 1. The van der Waals surface area contributed by atoms with E-state index in [1.165, 1.54) is 19.3 Å². The summed E-state index contributed by atoms with van der Waals surface area (Å²) in [7, 11) is 1.54. The van der Waals surface area contributed by atoms with Crippen LogP contribution in [-0.2, 0) is 9.53 Å². The molecule has 0 fully saturated rings. The lowest BCUT2D eigenvalue weighted by molar-refractivity contribution is -0.138. The Balaban J connectivity index is 2.52. The standard InChI is InChI=1S/C20H22O5/c1-12(2)10-18(22)24-11-15(13(3)4)19-16(23-5)8-6-14-7-9-17(21)25-20(14)19/h6-10,15H,3,11H2,1-2,4-5H3/t15-/m0/s1. The zero-order valence-electron chi connectivity index (χ0n) is 14.9. The Kier molecular flexibility index (Phi) is 5.80. The fourth-order valence-electron chi connectivity index (χ4n) is 2.56. The van der Waals surface area contributed by atoms with E-state index in [1.54, 1.807) is 12.1 Å². The maximum absolute atomic E-state index is 11.9. The molecule has 0 bridgehead atoms. The van der Waals surface area contributed by atoms with Crippen LogP contribution < -0.4 is 10.4 Å². The molecule has 1 atom stereocenters. The Bertz CT molecular complexity index is 885. The van der Waals surface area contributed by atoms with Crippen molar-refractivity contribution in [3.63, 3.8) is 0 Å². The van der Waals surface area contributed by atoms with Crippen molar-refractivity contribution in [3.05, 3.63) is 64.1 Å². The molecule has 0 aliphatic heterocycles. The van der Waals surface area contributed by atoms with E-state index in [-0.39, 0.29) is 12.5 Å². The average Bonchev–Trinajstić information content (AvgIpc) is 2.54. The largest absolute Gasteiger partial charge is 0.496 e. The van der Waals surface area contributed by atoms with Crippen LogP contribution >= 0.6 is 0 Å². The van der Waals surface area contributed by atoms with Gasteiger partial charge < -0.3 is 13.9 Å². The molecule has 0 unspecified atom stereocenters. The first-order valence-electron chi connectivity index (χ1n) is 7.91. The summed E-state index contributed by atoms with van der Waals surface area (Å²) >= 11 is 0. The first kappa shape index (κ1) is 18.5. The van der Waals surface area contributed by atoms with Crippen molar-refractivity contribution in [1.29, 1.82) is 0 Å². The Morgan fingerprint density at radius 1 is 1.24 bits per heavy atom. The van der Waals surface area contributed by atoms with Crippen LogP contribution in [0.1, 0.15) is 32.3 Å². The molecule has 25 heavy (non-hydrogen) atoms. The molecule has 2 rings (SSSR count). The highest BCUT2D eigenvalue weighted by Crippen LogP contribution is 2.37. The molecular weight excluding hydrogens is 320 g/mol. The van der Waals surface area contributed by atoms with Gasteiger partial charge in [-0.25, -0.2) is 9.59 Å². The lowest BCUT2D eigenvalue weighted by atomic mass is 9.91. The quantitative estimate of drug-likeness (QED) is 0.344. The number of benzene rings is 1. The van der Waals surface area contributed by atoms with Gasteiger partial charge in [0.25, 0.3) is 0 Å². The van der Waals surface area contributed by atoms with Crippen molar-refractivity contribution in [1.82, 2.24) is 0 Å². The van der Waals surface area contributed by atoms with Crippen LogP contribution in [0.2, 0.25) is 0 Å². The summed E-state index contributed by atoms with van der Waals surface area (Å²) in [5.41, 5.74) is 2.23.